The second-order valence-corrected chi connectivity index (χ2v) is 4.63. The Morgan fingerprint density at radius 3 is 2.89 bits per heavy atom. The van der Waals surface area contributed by atoms with Crippen LogP contribution in [-0.4, -0.2) is 23.2 Å². The highest BCUT2D eigenvalue weighted by molar-refractivity contribution is 9.10. The van der Waals surface area contributed by atoms with Crippen molar-refractivity contribution < 1.29 is 14.6 Å². The molecule has 19 heavy (non-hydrogen) atoms. The molecule has 1 aromatic carbocycles. The summed E-state index contributed by atoms with van der Waals surface area (Å²) in [6.45, 7) is 0. The average molecular weight is 323 g/mol. The second kappa shape index (κ2) is 5.71. The number of nitrogens with zero attached hydrogens (tertiary/aromatic N) is 1. The predicted octanol–water partition coefficient (Wildman–Crippen LogP) is 3.29. The van der Waals surface area contributed by atoms with Gasteiger partial charge in [-0.05, 0) is 24.3 Å². The van der Waals surface area contributed by atoms with E-state index in [9.17, 15) is 4.79 Å². The van der Waals surface area contributed by atoms with Crippen LogP contribution < -0.4 is 10.1 Å². The first-order valence-electron chi connectivity index (χ1n) is 5.40. The molecular weight excluding hydrogens is 312 g/mol. The number of rotatable bonds is 4. The highest BCUT2D eigenvalue weighted by Crippen LogP contribution is 2.27. The summed E-state index contributed by atoms with van der Waals surface area (Å²) in [7, 11) is 1.56. The van der Waals surface area contributed by atoms with Crippen molar-refractivity contribution in [1.29, 1.82) is 0 Å². The highest BCUT2D eigenvalue weighted by Gasteiger charge is 2.11. The van der Waals surface area contributed by atoms with E-state index >= 15 is 0 Å². The normalized spacial score (nSPS) is 10.0. The third-order valence-electron chi connectivity index (χ3n) is 2.41. The lowest BCUT2D eigenvalue weighted by atomic mass is 10.2. The third kappa shape index (κ3) is 3.23. The van der Waals surface area contributed by atoms with E-state index in [1.165, 1.54) is 12.3 Å². The summed E-state index contributed by atoms with van der Waals surface area (Å²) in [5.41, 5.74) is 0.800. The Hall–Kier alpha value is -2.08. The lowest BCUT2D eigenvalue weighted by molar-refractivity contribution is 0.0697. The second-order valence-electron chi connectivity index (χ2n) is 3.71. The molecule has 1 heterocycles. The van der Waals surface area contributed by atoms with Gasteiger partial charge in [0.2, 0.25) is 0 Å². The molecule has 0 fully saturated rings. The van der Waals surface area contributed by atoms with Crippen LogP contribution in [0.3, 0.4) is 0 Å². The molecule has 6 heteroatoms. The molecule has 0 aliphatic rings. The van der Waals surface area contributed by atoms with E-state index in [2.05, 4.69) is 26.2 Å². The van der Waals surface area contributed by atoms with Crippen LogP contribution in [0.15, 0.2) is 41.0 Å². The van der Waals surface area contributed by atoms with Gasteiger partial charge in [0.05, 0.1) is 7.11 Å². The standard InChI is InChI=1S/C13H11BrN2O3/c1-19-10-6-8(14)5-9(7-10)16-12-11(13(17)18)3-2-4-15-12/h2-7H,1H3,(H,15,16)(H,17,18). The van der Waals surface area contributed by atoms with Crippen molar-refractivity contribution in [3.05, 3.63) is 46.6 Å². The van der Waals surface area contributed by atoms with Gasteiger partial charge in [0.25, 0.3) is 0 Å². The Kier molecular flexibility index (Phi) is 4.01. The first kappa shape index (κ1) is 13.4. The van der Waals surface area contributed by atoms with Crippen LogP contribution >= 0.6 is 15.9 Å². The number of carboxylic acids is 1. The maximum atomic E-state index is 11.1. The Morgan fingerprint density at radius 2 is 2.21 bits per heavy atom. The quantitative estimate of drug-likeness (QED) is 0.903. The average Bonchev–Trinajstić information content (AvgIpc) is 2.38. The van der Waals surface area contributed by atoms with E-state index in [0.717, 1.165) is 4.47 Å². The first-order chi connectivity index (χ1) is 9.10. The summed E-state index contributed by atoms with van der Waals surface area (Å²) in [5.74, 6) is -0.0857. The minimum Gasteiger partial charge on any atom is -0.497 e. The molecule has 1 aromatic heterocycles. The van der Waals surface area contributed by atoms with Gasteiger partial charge in [0, 0.05) is 22.4 Å². The minimum absolute atomic E-state index is 0.112. The molecule has 0 aliphatic heterocycles. The largest absolute Gasteiger partial charge is 0.497 e. The van der Waals surface area contributed by atoms with Crippen molar-refractivity contribution in [3.63, 3.8) is 0 Å². The van der Waals surface area contributed by atoms with E-state index in [4.69, 9.17) is 9.84 Å². The number of pyridine rings is 1. The maximum Gasteiger partial charge on any atom is 0.339 e. The number of benzene rings is 1. The van der Waals surface area contributed by atoms with Gasteiger partial charge in [0.1, 0.15) is 17.1 Å². The van der Waals surface area contributed by atoms with Gasteiger partial charge >= 0.3 is 5.97 Å². The number of aromatic carboxylic acids is 1. The summed E-state index contributed by atoms with van der Waals surface area (Å²) in [5, 5.41) is 12.1. The molecule has 0 amide bonds. The van der Waals surface area contributed by atoms with E-state index in [1.807, 2.05) is 12.1 Å². The fourth-order valence-electron chi connectivity index (χ4n) is 1.57. The summed E-state index contributed by atoms with van der Waals surface area (Å²) in [6.07, 6.45) is 1.53. The van der Waals surface area contributed by atoms with E-state index in [-0.39, 0.29) is 11.4 Å². The van der Waals surface area contributed by atoms with Gasteiger partial charge in [-0.2, -0.15) is 0 Å². The number of carbonyl (C=O) groups is 1. The van der Waals surface area contributed by atoms with Crippen molar-refractivity contribution in [3.8, 4) is 5.75 Å². The summed E-state index contributed by atoms with van der Waals surface area (Å²) >= 11 is 3.36. The molecule has 2 aromatic rings. The van der Waals surface area contributed by atoms with Crippen LogP contribution in [0.4, 0.5) is 11.5 Å². The van der Waals surface area contributed by atoms with Gasteiger partial charge in [-0.3, -0.25) is 0 Å². The third-order valence-corrected chi connectivity index (χ3v) is 2.87. The number of carboxylic acid groups (broad SMARTS) is 1. The molecule has 0 atom stereocenters. The molecule has 0 bridgehead atoms. The molecule has 0 radical (unpaired) electrons. The van der Waals surface area contributed by atoms with Gasteiger partial charge in [-0.1, -0.05) is 15.9 Å². The van der Waals surface area contributed by atoms with Crippen molar-refractivity contribution in [1.82, 2.24) is 4.98 Å². The van der Waals surface area contributed by atoms with E-state index in [0.29, 0.717) is 11.4 Å². The number of halogens is 1. The van der Waals surface area contributed by atoms with Gasteiger partial charge in [-0.15, -0.1) is 0 Å². The Morgan fingerprint density at radius 1 is 1.42 bits per heavy atom. The zero-order valence-electron chi connectivity index (χ0n) is 10.1. The van der Waals surface area contributed by atoms with Crippen molar-refractivity contribution in [2.24, 2.45) is 0 Å². The Labute approximate surface area is 118 Å². The summed E-state index contributed by atoms with van der Waals surface area (Å²) in [4.78, 5) is 15.1. The molecule has 98 valence electrons. The monoisotopic (exact) mass is 322 g/mol. The zero-order chi connectivity index (χ0) is 13.8. The molecule has 0 spiro atoms. The van der Waals surface area contributed by atoms with Crippen LogP contribution in [-0.2, 0) is 0 Å². The Bertz CT molecular complexity index is 617. The van der Waals surface area contributed by atoms with Crippen LogP contribution in [0.25, 0.3) is 0 Å². The molecule has 2 rings (SSSR count). The van der Waals surface area contributed by atoms with Crippen LogP contribution in [0.2, 0.25) is 0 Å². The molecule has 0 aliphatic carbocycles. The van der Waals surface area contributed by atoms with Crippen molar-refractivity contribution in [2.75, 3.05) is 12.4 Å². The van der Waals surface area contributed by atoms with Gasteiger partial charge in [0.15, 0.2) is 0 Å². The predicted molar refractivity (Wildman–Crippen MR) is 75.2 cm³/mol. The number of aromatic nitrogens is 1. The number of methoxy groups -OCH3 is 1. The van der Waals surface area contributed by atoms with Crippen molar-refractivity contribution >= 4 is 33.4 Å². The summed E-state index contributed by atoms with van der Waals surface area (Å²) < 4.78 is 5.97. The molecular formula is C13H11BrN2O3. The van der Waals surface area contributed by atoms with E-state index in [1.54, 1.807) is 19.2 Å². The van der Waals surface area contributed by atoms with Crippen LogP contribution in [0.1, 0.15) is 10.4 Å². The Balaban J connectivity index is 2.36. The molecule has 0 saturated heterocycles. The SMILES string of the molecule is COc1cc(Br)cc(Nc2ncccc2C(=O)O)c1. The fraction of sp³-hybridized carbons (Fsp3) is 0.0769. The highest BCUT2D eigenvalue weighted by atomic mass is 79.9. The number of ether oxygens (including phenoxy) is 1. The number of nitrogens with one attached hydrogen (secondary N) is 1. The molecule has 5 nitrogen and oxygen atoms in total. The topological polar surface area (TPSA) is 71.5 Å². The zero-order valence-corrected chi connectivity index (χ0v) is 11.6. The van der Waals surface area contributed by atoms with Gasteiger partial charge in [-0.25, -0.2) is 9.78 Å². The molecule has 0 saturated carbocycles. The van der Waals surface area contributed by atoms with Crippen LogP contribution in [0.5, 0.6) is 5.75 Å². The lowest BCUT2D eigenvalue weighted by Crippen LogP contribution is -2.04. The maximum absolute atomic E-state index is 11.1. The molecule has 0 unspecified atom stereocenters. The number of hydrogen-bond acceptors (Lipinski definition) is 4. The smallest absolute Gasteiger partial charge is 0.339 e. The number of anilines is 2. The lowest BCUT2D eigenvalue weighted by Gasteiger charge is -2.10. The first-order valence-corrected chi connectivity index (χ1v) is 6.19. The fourth-order valence-corrected chi connectivity index (χ4v) is 2.04. The van der Waals surface area contributed by atoms with E-state index < -0.39 is 5.97 Å². The van der Waals surface area contributed by atoms with Crippen molar-refractivity contribution in [2.45, 2.75) is 0 Å². The molecule has 2 N–H and O–H groups in total. The number of hydrogen-bond donors (Lipinski definition) is 2. The summed E-state index contributed by atoms with van der Waals surface area (Å²) in [6, 6.07) is 8.44. The van der Waals surface area contributed by atoms with Gasteiger partial charge < -0.3 is 15.2 Å². The minimum atomic E-state index is -1.03. The van der Waals surface area contributed by atoms with Crippen LogP contribution in [0, 0.1) is 0 Å².